The van der Waals surface area contributed by atoms with Gasteiger partial charge in [-0.25, -0.2) is 8.96 Å². The number of hydrogen-bond donors (Lipinski definition) is 0. The summed E-state index contributed by atoms with van der Waals surface area (Å²) in [6, 6.07) is 5.67. The molecule has 1 aromatic heterocycles. The number of pyridine rings is 1. The first-order chi connectivity index (χ1) is 4.84. The second-order valence-corrected chi connectivity index (χ2v) is 2.33. The molecule has 0 amide bonds. The fourth-order valence-corrected chi connectivity index (χ4v) is 0.786. The molecule has 0 spiro atoms. The maximum absolute atomic E-state index is 12.1. The summed E-state index contributed by atoms with van der Waals surface area (Å²) in [6.45, 7) is 1.54. The minimum Gasteiger partial charge on any atom is -0.244 e. The summed E-state index contributed by atoms with van der Waals surface area (Å²) in [6.07, 6.45) is 3.73. The average molecular weight is 140 g/mol. The smallest absolute Gasteiger partial charge is 0.183 e. The van der Waals surface area contributed by atoms with Gasteiger partial charge in [-0.15, -0.1) is 0 Å². The summed E-state index contributed by atoms with van der Waals surface area (Å²) in [5.74, 6) is 0. The van der Waals surface area contributed by atoms with Crippen LogP contribution in [0, 0.1) is 0 Å². The Morgan fingerprint density at radius 3 is 2.40 bits per heavy atom. The Balaban J connectivity index is 2.75. The second-order valence-electron chi connectivity index (χ2n) is 2.33. The molecule has 0 aliphatic carbocycles. The minimum atomic E-state index is -0.311. The molecule has 1 heterocycles. The van der Waals surface area contributed by atoms with Crippen LogP contribution in [0.2, 0.25) is 0 Å². The van der Waals surface area contributed by atoms with Gasteiger partial charge in [-0.05, 0) is 0 Å². The molecule has 0 fully saturated rings. The van der Waals surface area contributed by atoms with Crippen LogP contribution in [0.25, 0.3) is 0 Å². The van der Waals surface area contributed by atoms with Crippen LogP contribution in [-0.2, 0) is 0 Å². The van der Waals surface area contributed by atoms with Crippen molar-refractivity contribution in [1.82, 2.24) is 0 Å². The van der Waals surface area contributed by atoms with Crippen LogP contribution in [-0.4, -0.2) is 6.67 Å². The summed E-state index contributed by atoms with van der Waals surface area (Å²) in [5.41, 5.74) is 0. The van der Waals surface area contributed by atoms with E-state index in [0.717, 1.165) is 0 Å². The molecule has 0 bridgehead atoms. The van der Waals surface area contributed by atoms with Gasteiger partial charge in [-0.2, -0.15) is 0 Å². The van der Waals surface area contributed by atoms with E-state index in [2.05, 4.69) is 0 Å². The molecule has 0 saturated carbocycles. The zero-order valence-electron chi connectivity index (χ0n) is 6.00. The molecule has 1 aromatic rings. The lowest BCUT2D eigenvalue weighted by Crippen LogP contribution is -2.37. The van der Waals surface area contributed by atoms with Gasteiger partial charge < -0.3 is 0 Å². The first-order valence-corrected chi connectivity index (χ1v) is 3.36. The molecule has 54 valence electrons. The quantitative estimate of drug-likeness (QED) is 0.548. The fourth-order valence-electron chi connectivity index (χ4n) is 0.786. The zero-order valence-corrected chi connectivity index (χ0v) is 6.00. The van der Waals surface area contributed by atoms with Gasteiger partial charge in [-0.1, -0.05) is 6.07 Å². The topological polar surface area (TPSA) is 3.88 Å². The highest BCUT2D eigenvalue weighted by atomic mass is 19.1. The minimum absolute atomic E-state index is 0.0406. The van der Waals surface area contributed by atoms with Gasteiger partial charge in [0.2, 0.25) is 0 Å². The molecule has 2 heteroatoms. The van der Waals surface area contributed by atoms with Crippen LogP contribution in [0.3, 0.4) is 0 Å². The maximum atomic E-state index is 12.1. The predicted octanol–water partition coefficient (Wildman–Crippen LogP) is 1.50. The van der Waals surface area contributed by atoms with Crippen molar-refractivity contribution in [2.75, 3.05) is 6.67 Å². The molecule has 0 aromatic carbocycles. The van der Waals surface area contributed by atoms with Crippen LogP contribution in [0.4, 0.5) is 4.39 Å². The highest BCUT2D eigenvalue weighted by Gasteiger charge is 2.08. The van der Waals surface area contributed by atoms with Crippen molar-refractivity contribution in [2.45, 2.75) is 13.0 Å². The Kier molecular flexibility index (Phi) is 2.37. The van der Waals surface area contributed by atoms with Crippen molar-refractivity contribution in [3.63, 3.8) is 0 Å². The van der Waals surface area contributed by atoms with Crippen molar-refractivity contribution in [3.05, 3.63) is 30.6 Å². The summed E-state index contributed by atoms with van der Waals surface area (Å²) in [7, 11) is 0. The first kappa shape index (κ1) is 7.19. The van der Waals surface area contributed by atoms with E-state index in [9.17, 15) is 4.39 Å². The van der Waals surface area contributed by atoms with Crippen molar-refractivity contribution in [2.24, 2.45) is 0 Å². The molecule has 1 atom stereocenters. The largest absolute Gasteiger partial charge is 0.244 e. The van der Waals surface area contributed by atoms with Gasteiger partial charge in [0.05, 0.1) is 0 Å². The Labute approximate surface area is 60.1 Å². The molecule has 0 aliphatic rings. The third-order valence-corrected chi connectivity index (χ3v) is 1.47. The molecule has 0 radical (unpaired) electrons. The van der Waals surface area contributed by atoms with Crippen LogP contribution >= 0.6 is 0 Å². The van der Waals surface area contributed by atoms with Crippen LogP contribution in [0.5, 0.6) is 0 Å². The zero-order chi connectivity index (χ0) is 7.40. The summed E-state index contributed by atoms with van der Waals surface area (Å²) < 4.78 is 13.9. The monoisotopic (exact) mass is 140 g/mol. The average Bonchev–Trinajstić information content (AvgIpc) is 2.05. The number of aromatic nitrogens is 1. The van der Waals surface area contributed by atoms with Crippen LogP contribution < -0.4 is 4.57 Å². The lowest BCUT2D eigenvalue weighted by Gasteiger charge is -1.99. The molecule has 0 saturated heterocycles. The van der Waals surface area contributed by atoms with Gasteiger partial charge >= 0.3 is 0 Å². The SMILES string of the molecule is CC(CF)[n+]1ccccc1. The third-order valence-electron chi connectivity index (χ3n) is 1.47. The fraction of sp³-hybridized carbons (Fsp3) is 0.375. The normalized spacial score (nSPS) is 13.0. The molecular weight excluding hydrogens is 129 g/mol. The molecule has 1 rings (SSSR count). The van der Waals surface area contributed by atoms with Gasteiger partial charge in [0.15, 0.2) is 25.1 Å². The van der Waals surface area contributed by atoms with Crippen LogP contribution in [0.1, 0.15) is 13.0 Å². The van der Waals surface area contributed by atoms with E-state index in [1.807, 2.05) is 42.1 Å². The Morgan fingerprint density at radius 1 is 1.30 bits per heavy atom. The highest BCUT2D eigenvalue weighted by molar-refractivity contribution is 4.83. The van der Waals surface area contributed by atoms with Crippen molar-refractivity contribution < 1.29 is 8.96 Å². The van der Waals surface area contributed by atoms with Crippen molar-refractivity contribution in [3.8, 4) is 0 Å². The van der Waals surface area contributed by atoms with Gasteiger partial charge in [0.25, 0.3) is 0 Å². The van der Waals surface area contributed by atoms with Gasteiger partial charge in [-0.3, -0.25) is 0 Å². The number of halogens is 1. The number of rotatable bonds is 2. The predicted molar refractivity (Wildman–Crippen MR) is 37.3 cm³/mol. The molecular formula is C8H11FN+. The lowest BCUT2D eigenvalue weighted by atomic mass is 10.3. The first-order valence-electron chi connectivity index (χ1n) is 3.36. The van der Waals surface area contributed by atoms with Crippen molar-refractivity contribution >= 4 is 0 Å². The molecule has 1 unspecified atom stereocenters. The Bertz CT molecular complexity index is 186. The maximum Gasteiger partial charge on any atom is 0.183 e. The summed E-state index contributed by atoms with van der Waals surface area (Å²) in [5, 5.41) is 0. The number of alkyl halides is 1. The van der Waals surface area contributed by atoms with Crippen LogP contribution in [0.15, 0.2) is 30.6 Å². The molecule has 1 nitrogen and oxygen atoms in total. The molecule has 10 heavy (non-hydrogen) atoms. The van der Waals surface area contributed by atoms with Gasteiger partial charge in [0, 0.05) is 19.1 Å². The third kappa shape index (κ3) is 1.53. The lowest BCUT2D eigenvalue weighted by molar-refractivity contribution is -0.719. The summed E-state index contributed by atoms with van der Waals surface area (Å²) >= 11 is 0. The Hall–Kier alpha value is -0.920. The number of nitrogens with zero attached hydrogens (tertiary/aromatic N) is 1. The van der Waals surface area contributed by atoms with E-state index < -0.39 is 0 Å². The Morgan fingerprint density at radius 2 is 1.90 bits per heavy atom. The van der Waals surface area contributed by atoms with E-state index in [1.165, 1.54) is 0 Å². The molecule has 0 N–H and O–H groups in total. The molecule has 0 aliphatic heterocycles. The summed E-state index contributed by atoms with van der Waals surface area (Å²) in [4.78, 5) is 0. The van der Waals surface area contributed by atoms with E-state index in [1.54, 1.807) is 0 Å². The van der Waals surface area contributed by atoms with Gasteiger partial charge in [0.1, 0.15) is 0 Å². The van der Waals surface area contributed by atoms with E-state index in [4.69, 9.17) is 0 Å². The second kappa shape index (κ2) is 3.30. The van der Waals surface area contributed by atoms with Crippen molar-refractivity contribution in [1.29, 1.82) is 0 Å². The van der Waals surface area contributed by atoms with E-state index in [0.29, 0.717) is 0 Å². The van der Waals surface area contributed by atoms with E-state index >= 15 is 0 Å². The van der Waals surface area contributed by atoms with E-state index in [-0.39, 0.29) is 12.7 Å². The number of hydrogen-bond acceptors (Lipinski definition) is 0. The standard InChI is InChI=1S/C8H11FN/c1-8(7-9)10-5-3-2-4-6-10/h2-6,8H,7H2,1H3/q+1. The highest BCUT2D eigenvalue weighted by Crippen LogP contribution is 1.92.